The molecule has 5 amide bonds. The maximum atomic E-state index is 15.7. The number of hydrogen-bond acceptors (Lipinski definition) is 12. The van der Waals surface area contributed by atoms with E-state index in [4.69, 9.17) is 4.98 Å². The summed E-state index contributed by atoms with van der Waals surface area (Å²) in [5.74, 6) is -0.875. The molecular formula is C59H75FN12O6S. The highest BCUT2D eigenvalue weighted by Gasteiger charge is 2.44. The van der Waals surface area contributed by atoms with Crippen molar-refractivity contribution in [2.45, 2.75) is 155 Å². The Morgan fingerprint density at radius 3 is 2.16 bits per heavy atom. The number of carbonyl (C=O) groups is 5. The molecule has 0 bridgehead atoms. The van der Waals surface area contributed by atoms with Gasteiger partial charge in [0.2, 0.25) is 23.6 Å². The third-order valence-electron chi connectivity index (χ3n) is 15.4. The standard InChI is InChI=1S/C59H75FN12O6S/c1-38-52(79-37-63-38)41-19-17-39(18-20-41)31-62-56(76)48-30-44(73)35-72(48)58(78)53(59(2,3)4)68-50(74)15-13-11-9-7-5-6-8-10-12-14-16-51(75)69-25-27-70(28-26-69)57(77)42-23-24-46(45(60)29-42)66-54-55-61-34-49(43-32-64-65-33-43)71(55)36-47(67-54)40-21-22-40/h17-20,23-24,29,32-34,36-37,40,44,48,53,73H,5-16,21-22,25-28,30-31,35H2,1-4H3,(H,62,76)(H,64,65)(H,66,67)(H,68,74)/t44-,48+,53-/m1/s1. The number of amides is 5. The van der Waals surface area contributed by atoms with Gasteiger partial charge in [-0.2, -0.15) is 5.10 Å². The molecule has 0 unspecified atom stereocenters. The van der Waals surface area contributed by atoms with Crippen molar-refractivity contribution >= 4 is 58.0 Å². The van der Waals surface area contributed by atoms with Gasteiger partial charge in [0.15, 0.2) is 11.5 Å². The van der Waals surface area contributed by atoms with Gasteiger partial charge in [0.25, 0.3) is 5.91 Å². The van der Waals surface area contributed by atoms with Crippen LogP contribution in [-0.4, -0.2) is 130 Å². The zero-order chi connectivity index (χ0) is 55.6. The lowest BCUT2D eigenvalue weighted by molar-refractivity contribution is -0.144. The van der Waals surface area contributed by atoms with Gasteiger partial charge in [0.1, 0.15) is 17.9 Å². The van der Waals surface area contributed by atoms with Gasteiger partial charge >= 0.3 is 0 Å². The third kappa shape index (κ3) is 14.4. The highest BCUT2D eigenvalue weighted by Crippen LogP contribution is 2.41. The Balaban J connectivity index is 0.615. The van der Waals surface area contributed by atoms with Crippen LogP contribution in [0.1, 0.15) is 150 Å². The van der Waals surface area contributed by atoms with Crippen molar-refractivity contribution in [1.82, 2.24) is 54.9 Å². The van der Waals surface area contributed by atoms with Crippen LogP contribution in [0.2, 0.25) is 0 Å². The number of likely N-dealkylation sites (tertiary alicyclic amines) is 1. The average Bonchev–Trinajstić information content (AvgIpc) is 4.04. The number of nitrogens with one attached hydrogen (secondary N) is 4. The highest BCUT2D eigenvalue weighted by atomic mass is 32.1. The summed E-state index contributed by atoms with van der Waals surface area (Å²) in [7, 11) is 0. The molecule has 3 aliphatic rings. The van der Waals surface area contributed by atoms with Crippen molar-refractivity contribution in [3.63, 3.8) is 0 Å². The van der Waals surface area contributed by atoms with Crippen LogP contribution < -0.4 is 16.0 Å². The number of carbonyl (C=O) groups excluding carboxylic acids is 5. The monoisotopic (exact) mass is 1100 g/mol. The number of nitrogens with zero attached hydrogens (tertiary/aromatic N) is 8. The molecule has 0 radical (unpaired) electrons. The van der Waals surface area contributed by atoms with Gasteiger partial charge in [-0.05, 0) is 67.3 Å². The van der Waals surface area contributed by atoms with Crippen LogP contribution in [0.5, 0.6) is 0 Å². The molecule has 2 saturated heterocycles. The Hall–Kier alpha value is -7.06. The number of aromatic nitrogens is 6. The molecule has 79 heavy (non-hydrogen) atoms. The topological polar surface area (TPSA) is 223 Å². The Morgan fingerprint density at radius 2 is 1.53 bits per heavy atom. The lowest BCUT2D eigenvalue weighted by atomic mass is 9.85. The molecule has 2 aromatic carbocycles. The lowest BCUT2D eigenvalue weighted by Crippen LogP contribution is -2.57. The molecule has 420 valence electrons. The van der Waals surface area contributed by atoms with E-state index in [1.807, 2.05) is 73.0 Å². The number of imidazole rings is 1. The number of aryl methyl sites for hydroxylation is 1. The summed E-state index contributed by atoms with van der Waals surface area (Å²) in [6.45, 7) is 9.60. The van der Waals surface area contributed by atoms with Gasteiger partial charge in [-0.1, -0.05) is 96.4 Å². The van der Waals surface area contributed by atoms with Gasteiger partial charge in [-0.25, -0.2) is 19.3 Å². The quantitative estimate of drug-likeness (QED) is 0.0360. The fourth-order valence-electron chi connectivity index (χ4n) is 10.6. The fraction of sp³-hybridized carbons (Fsp3) is 0.508. The molecule has 6 aromatic rings. The lowest BCUT2D eigenvalue weighted by Gasteiger charge is -2.35. The number of hydrogen-bond donors (Lipinski definition) is 5. The van der Waals surface area contributed by atoms with E-state index in [1.165, 1.54) is 11.0 Å². The number of unbranched alkanes of at least 4 members (excludes halogenated alkanes) is 9. The van der Waals surface area contributed by atoms with E-state index < -0.39 is 29.4 Å². The Labute approximate surface area is 465 Å². The van der Waals surface area contributed by atoms with E-state index in [1.54, 1.807) is 47.0 Å². The molecule has 20 heteroatoms. The molecule has 2 aliphatic heterocycles. The minimum atomic E-state index is -0.858. The normalized spacial score (nSPS) is 17.1. The summed E-state index contributed by atoms with van der Waals surface area (Å²) < 4.78 is 17.6. The summed E-state index contributed by atoms with van der Waals surface area (Å²) in [6.07, 6.45) is 19.3. The number of halogens is 1. The second kappa shape index (κ2) is 25.8. The predicted molar refractivity (Wildman–Crippen MR) is 302 cm³/mol. The van der Waals surface area contributed by atoms with Gasteiger partial charge in [0.05, 0.1) is 51.7 Å². The molecule has 1 saturated carbocycles. The number of piperazine rings is 1. The first-order chi connectivity index (χ1) is 38.1. The highest BCUT2D eigenvalue weighted by molar-refractivity contribution is 7.13. The summed E-state index contributed by atoms with van der Waals surface area (Å²) in [4.78, 5) is 87.1. The average molecular weight is 1100 g/mol. The zero-order valence-corrected chi connectivity index (χ0v) is 46.8. The molecule has 3 fully saturated rings. The van der Waals surface area contributed by atoms with Crippen LogP contribution in [0.15, 0.2) is 72.8 Å². The van der Waals surface area contributed by atoms with E-state index in [9.17, 15) is 29.1 Å². The number of aliphatic hydroxyl groups is 1. The van der Waals surface area contributed by atoms with Crippen LogP contribution in [0.4, 0.5) is 15.9 Å². The Kier molecular flexibility index (Phi) is 18.5. The van der Waals surface area contributed by atoms with Crippen molar-refractivity contribution < 1.29 is 33.5 Å². The maximum Gasteiger partial charge on any atom is 0.254 e. The van der Waals surface area contributed by atoms with Crippen molar-refractivity contribution in [2.24, 2.45) is 5.41 Å². The number of rotatable bonds is 24. The van der Waals surface area contributed by atoms with Crippen molar-refractivity contribution in [3.05, 3.63) is 101 Å². The molecule has 18 nitrogen and oxygen atoms in total. The molecule has 4 aromatic heterocycles. The second-order valence-corrected chi connectivity index (χ2v) is 23.4. The first-order valence-electron chi connectivity index (χ1n) is 28.2. The fourth-order valence-corrected chi connectivity index (χ4v) is 11.4. The molecule has 0 spiro atoms. The molecule has 9 rings (SSSR count). The first-order valence-corrected chi connectivity index (χ1v) is 29.0. The number of thiazole rings is 1. The van der Waals surface area contributed by atoms with Crippen LogP contribution in [0.25, 0.3) is 27.3 Å². The number of β-amino-alcohol motifs (C(OH)–C–C–N with tert-alkyl or cyclic N) is 1. The smallest absolute Gasteiger partial charge is 0.254 e. The van der Waals surface area contributed by atoms with Crippen molar-refractivity contribution in [2.75, 3.05) is 38.0 Å². The van der Waals surface area contributed by atoms with E-state index in [0.717, 1.165) is 109 Å². The first kappa shape index (κ1) is 56.7. The van der Waals surface area contributed by atoms with Crippen molar-refractivity contribution in [3.8, 4) is 21.7 Å². The number of fused-ring (bicyclic) bond motifs is 1. The molecular weight excluding hydrogens is 1020 g/mol. The van der Waals surface area contributed by atoms with E-state index >= 15 is 4.39 Å². The maximum absolute atomic E-state index is 15.7. The van der Waals surface area contributed by atoms with E-state index in [0.29, 0.717) is 62.8 Å². The van der Waals surface area contributed by atoms with Crippen LogP contribution in [0.3, 0.4) is 0 Å². The predicted octanol–water partition coefficient (Wildman–Crippen LogP) is 9.09. The van der Waals surface area contributed by atoms with Gasteiger partial charge in [-0.3, -0.25) is 33.5 Å². The summed E-state index contributed by atoms with van der Waals surface area (Å²) in [5.41, 5.74) is 7.74. The minimum absolute atomic E-state index is 0.0260. The van der Waals surface area contributed by atoms with Crippen molar-refractivity contribution in [1.29, 1.82) is 0 Å². The molecule has 3 atom stereocenters. The Morgan fingerprint density at radius 1 is 0.848 bits per heavy atom. The molecule has 5 N–H and O–H groups in total. The SMILES string of the molecule is Cc1ncsc1-c1ccc(CNC(=O)[C@@H]2C[C@@H](O)CN2C(=O)[C@@H](NC(=O)CCCCCCCCCCCCC(=O)N2CCN(C(=O)c3ccc(Nc4nc(C5CC5)cn5c(-c6cn[nH]c6)cnc45)c(F)c3)CC2)C(C)(C)C)cc1. The number of anilines is 2. The van der Waals surface area contributed by atoms with E-state index in [-0.39, 0.29) is 60.3 Å². The van der Waals surface area contributed by atoms with Crippen LogP contribution in [0, 0.1) is 18.2 Å². The van der Waals surface area contributed by atoms with E-state index in [2.05, 4.69) is 36.1 Å². The van der Waals surface area contributed by atoms with Crippen LogP contribution >= 0.6 is 11.3 Å². The van der Waals surface area contributed by atoms with Gasteiger partial charge in [-0.15, -0.1) is 11.3 Å². The van der Waals surface area contributed by atoms with Gasteiger partial charge < -0.3 is 35.8 Å². The number of benzene rings is 2. The minimum Gasteiger partial charge on any atom is -0.391 e. The number of H-pyrrole nitrogens is 1. The second-order valence-electron chi connectivity index (χ2n) is 22.6. The summed E-state index contributed by atoms with van der Waals surface area (Å²) in [6, 6.07) is 10.7. The van der Waals surface area contributed by atoms with Gasteiger partial charge in [0, 0.05) is 88.0 Å². The Bertz CT molecular complexity index is 3070. The zero-order valence-electron chi connectivity index (χ0n) is 45.9. The molecule has 1 aliphatic carbocycles. The summed E-state index contributed by atoms with van der Waals surface area (Å²) in [5, 5.41) is 26.6. The molecule has 6 heterocycles. The third-order valence-corrected chi connectivity index (χ3v) is 16.4. The van der Waals surface area contributed by atoms with Crippen LogP contribution in [-0.2, 0) is 25.7 Å². The number of aromatic amines is 1. The largest absolute Gasteiger partial charge is 0.391 e. The number of aliphatic hydroxyl groups excluding tert-OH is 1. The summed E-state index contributed by atoms with van der Waals surface area (Å²) >= 11 is 1.58.